The monoisotopic (exact) mass is 499 g/mol. The number of benzene rings is 2. The smallest absolute Gasteiger partial charge is 0.324 e. The third kappa shape index (κ3) is 9.48. The number of hydrogen-bond donors (Lipinski definition) is 2. The van der Waals surface area contributed by atoms with E-state index in [4.69, 9.17) is 4.65 Å². The van der Waals surface area contributed by atoms with Crippen LogP contribution in [-0.2, 0) is 11.3 Å². The van der Waals surface area contributed by atoms with E-state index < -0.39 is 6.92 Å². The molecule has 2 heterocycles. The zero-order chi connectivity index (χ0) is 27.7. The topological polar surface area (TPSA) is 62.6 Å². The molecule has 1 aromatic heterocycles. The van der Waals surface area contributed by atoms with Crippen molar-refractivity contribution in [3.63, 3.8) is 0 Å². The number of nitrogens with zero attached hydrogens (tertiary/aromatic N) is 1. The van der Waals surface area contributed by atoms with Gasteiger partial charge in [0, 0.05) is 11.9 Å². The van der Waals surface area contributed by atoms with Crippen molar-refractivity contribution in [1.29, 1.82) is 0 Å². The lowest BCUT2D eigenvalue weighted by Crippen LogP contribution is -2.26. The van der Waals surface area contributed by atoms with Crippen LogP contribution < -0.4 is 16.4 Å². The predicted octanol–water partition coefficient (Wildman–Crippen LogP) is 4.82. The van der Waals surface area contributed by atoms with Crippen molar-refractivity contribution >= 4 is 37.1 Å². The van der Waals surface area contributed by atoms with Crippen molar-refractivity contribution in [2.75, 3.05) is 0 Å². The van der Waals surface area contributed by atoms with Crippen LogP contribution >= 0.6 is 0 Å². The molecule has 0 aliphatic carbocycles. The normalized spacial score (nSPS) is 12.1. The molecule has 0 fully saturated rings. The Hall–Kier alpha value is -2.34. The van der Waals surface area contributed by atoms with Crippen LogP contribution in [0.3, 0.4) is 0 Å². The highest BCUT2D eigenvalue weighted by Gasteiger charge is 2.23. The van der Waals surface area contributed by atoms with E-state index >= 15 is 0 Å². The third-order valence-corrected chi connectivity index (χ3v) is 6.73. The lowest BCUT2D eigenvalue weighted by Gasteiger charge is -2.07. The van der Waals surface area contributed by atoms with Crippen molar-refractivity contribution in [2.24, 2.45) is 0 Å². The van der Waals surface area contributed by atoms with Gasteiger partial charge in [0.25, 0.3) is 0 Å². The molecule has 0 radical (unpaired) electrons. The summed E-state index contributed by atoms with van der Waals surface area (Å²) in [4.78, 5) is 4.24. The molecule has 0 atom stereocenters. The average Bonchev–Trinajstić information content (AvgIpc) is 3.24. The summed E-state index contributed by atoms with van der Waals surface area (Å²) in [5, 5.41) is 18.5. The molecule has 37 heavy (non-hydrogen) atoms. The zero-order valence-electron chi connectivity index (χ0n) is 24.2. The van der Waals surface area contributed by atoms with Crippen LogP contribution in [0.4, 0.5) is 0 Å². The Morgan fingerprint density at radius 2 is 1.30 bits per heavy atom. The minimum Gasteiger partial charge on any atom is -0.447 e. The summed E-state index contributed by atoms with van der Waals surface area (Å²) in [6.07, 6.45) is 1.74. The summed E-state index contributed by atoms with van der Waals surface area (Å²) >= 11 is 0. The van der Waals surface area contributed by atoms with Crippen LogP contribution in [0.15, 0.2) is 60.8 Å². The van der Waals surface area contributed by atoms with Gasteiger partial charge in [-0.25, -0.2) is 0 Å². The van der Waals surface area contributed by atoms with E-state index in [-0.39, 0.29) is 13.8 Å². The van der Waals surface area contributed by atoms with Crippen LogP contribution in [0, 0.1) is 0 Å². The van der Waals surface area contributed by atoms with Gasteiger partial charge in [0.05, 0.1) is 6.61 Å². The van der Waals surface area contributed by atoms with Gasteiger partial charge < -0.3 is 14.7 Å². The molecule has 2 aromatic carbocycles. The first-order chi connectivity index (χ1) is 17.4. The molecular formula is C30H44B3NO3. The van der Waals surface area contributed by atoms with E-state index in [1.54, 1.807) is 19.8 Å². The van der Waals surface area contributed by atoms with Crippen molar-refractivity contribution in [3.8, 4) is 0 Å². The largest absolute Gasteiger partial charge is 0.447 e. The molecule has 0 amide bonds. The molecule has 2 N–H and O–H groups in total. The van der Waals surface area contributed by atoms with E-state index in [1.165, 1.54) is 22.2 Å². The summed E-state index contributed by atoms with van der Waals surface area (Å²) in [6.45, 7) is 18.9. The SMILES string of the molecule is CB(O)c1ccc(C(C)C)cc1.CB(O)c1ccc(C(C)C)nc1.CB1OCc2cc(C(C)C)ccc21. The fourth-order valence-corrected chi connectivity index (χ4v) is 3.98. The molecule has 0 unspecified atom stereocenters. The van der Waals surface area contributed by atoms with Gasteiger partial charge in [-0.15, -0.1) is 0 Å². The Labute approximate surface area is 226 Å². The molecule has 0 bridgehead atoms. The van der Waals surface area contributed by atoms with Crippen LogP contribution in [0.2, 0.25) is 20.5 Å². The van der Waals surface area contributed by atoms with Crippen LogP contribution in [0.1, 0.15) is 81.7 Å². The number of rotatable bonds is 5. The molecule has 4 rings (SSSR count). The Kier molecular flexibility index (Phi) is 12.2. The number of fused-ring (bicyclic) bond motifs is 1. The molecule has 0 spiro atoms. The van der Waals surface area contributed by atoms with E-state index in [0.717, 1.165) is 23.2 Å². The second-order valence-electron chi connectivity index (χ2n) is 10.9. The summed E-state index contributed by atoms with van der Waals surface area (Å²) < 4.78 is 5.56. The zero-order valence-corrected chi connectivity index (χ0v) is 24.2. The van der Waals surface area contributed by atoms with Gasteiger partial charge in [-0.3, -0.25) is 4.98 Å². The van der Waals surface area contributed by atoms with Gasteiger partial charge in [-0.1, -0.05) is 111 Å². The lowest BCUT2D eigenvalue weighted by molar-refractivity contribution is 0.333. The van der Waals surface area contributed by atoms with Gasteiger partial charge in [0.2, 0.25) is 0 Å². The first-order valence-corrected chi connectivity index (χ1v) is 13.6. The van der Waals surface area contributed by atoms with Gasteiger partial charge >= 0.3 is 20.7 Å². The van der Waals surface area contributed by atoms with Crippen molar-refractivity contribution < 1.29 is 14.7 Å². The Morgan fingerprint density at radius 3 is 1.76 bits per heavy atom. The second kappa shape index (κ2) is 14.6. The van der Waals surface area contributed by atoms with Crippen LogP contribution in [0.25, 0.3) is 0 Å². The lowest BCUT2D eigenvalue weighted by atomic mass is 9.64. The Morgan fingerprint density at radius 1 is 0.757 bits per heavy atom. The van der Waals surface area contributed by atoms with E-state index in [1.807, 2.05) is 24.3 Å². The molecule has 3 aromatic rings. The van der Waals surface area contributed by atoms with Gasteiger partial charge in [-0.2, -0.15) is 0 Å². The first kappa shape index (κ1) is 30.9. The standard InChI is InChI=1S/C11H15BO.C10H15BO.C9H14BNO/c1-8(2)9-4-5-11-10(6-9)7-13-12(11)3;1-8(2)9-4-6-10(7-5-9)11(3)12;1-7(2)9-5-4-8(6-11-9)10(3)12/h4-6,8H,7H2,1-3H3;4-8,12H,1-3H3;4-7,12H,1-3H3. The third-order valence-electron chi connectivity index (χ3n) is 6.73. The molecule has 0 saturated heterocycles. The summed E-state index contributed by atoms with van der Waals surface area (Å²) in [7, 11) is 0. The fraction of sp³-hybridized carbons (Fsp3) is 0.433. The number of aromatic nitrogens is 1. The van der Waals surface area contributed by atoms with Crippen molar-refractivity contribution in [2.45, 2.75) is 86.4 Å². The molecule has 7 heteroatoms. The highest BCUT2D eigenvalue weighted by atomic mass is 16.4. The number of pyridine rings is 1. The molecule has 4 nitrogen and oxygen atoms in total. The van der Waals surface area contributed by atoms with Crippen LogP contribution in [-0.4, -0.2) is 35.8 Å². The highest BCUT2D eigenvalue weighted by Crippen LogP contribution is 2.18. The molecule has 196 valence electrons. The van der Waals surface area contributed by atoms with E-state index in [9.17, 15) is 10.0 Å². The van der Waals surface area contributed by atoms with Crippen LogP contribution in [0.5, 0.6) is 0 Å². The molecule has 0 saturated carbocycles. The van der Waals surface area contributed by atoms with Gasteiger partial charge in [-0.05, 0) is 56.9 Å². The Balaban J connectivity index is 0.000000195. The maximum Gasteiger partial charge on any atom is 0.324 e. The molecule has 1 aliphatic rings. The van der Waals surface area contributed by atoms with Crippen molar-refractivity contribution in [1.82, 2.24) is 4.98 Å². The van der Waals surface area contributed by atoms with E-state index in [0.29, 0.717) is 17.8 Å². The second-order valence-corrected chi connectivity index (χ2v) is 10.9. The van der Waals surface area contributed by atoms with E-state index in [2.05, 4.69) is 83.7 Å². The number of hydrogen-bond acceptors (Lipinski definition) is 4. The van der Waals surface area contributed by atoms with Crippen molar-refractivity contribution in [3.05, 3.63) is 83.2 Å². The summed E-state index contributed by atoms with van der Waals surface area (Å²) in [5.74, 6) is 1.63. The van der Waals surface area contributed by atoms with Gasteiger partial charge in [0.1, 0.15) is 0 Å². The summed E-state index contributed by atoms with van der Waals surface area (Å²) in [5.41, 5.74) is 8.40. The summed E-state index contributed by atoms with van der Waals surface area (Å²) in [6, 6.07) is 18.7. The molecular weight excluding hydrogens is 455 g/mol. The fourth-order valence-electron chi connectivity index (χ4n) is 3.98. The minimum atomic E-state index is -0.418. The Bertz CT molecular complexity index is 973. The molecule has 1 aliphatic heterocycles. The highest BCUT2D eigenvalue weighted by molar-refractivity contribution is 6.67. The first-order valence-electron chi connectivity index (χ1n) is 13.6. The maximum atomic E-state index is 9.25. The minimum absolute atomic E-state index is 0.288. The quantitative estimate of drug-likeness (QED) is 0.495. The predicted molar refractivity (Wildman–Crippen MR) is 162 cm³/mol. The van der Waals surface area contributed by atoms with Gasteiger partial charge in [0.15, 0.2) is 0 Å². The average molecular weight is 499 g/mol. The maximum absolute atomic E-state index is 9.25.